The molecule has 104 valence electrons. The molecular formula is C10H10N6O3S. The summed E-state index contributed by atoms with van der Waals surface area (Å²) in [4.78, 5) is 22.2. The van der Waals surface area contributed by atoms with Crippen molar-refractivity contribution in [1.29, 1.82) is 0 Å². The molecule has 0 fully saturated rings. The van der Waals surface area contributed by atoms with Gasteiger partial charge in [0, 0.05) is 11.6 Å². The zero-order chi connectivity index (χ0) is 14.7. The normalized spacial score (nSPS) is 10.1. The van der Waals surface area contributed by atoms with Gasteiger partial charge in [0.05, 0.1) is 4.92 Å². The van der Waals surface area contributed by atoms with E-state index in [4.69, 9.17) is 5.84 Å². The van der Waals surface area contributed by atoms with E-state index in [1.807, 2.05) is 0 Å². The first-order valence-electron chi connectivity index (χ1n) is 5.38. The third-order valence-corrected chi connectivity index (χ3v) is 3.11. The summed E-state index contributed by atoms with van der Waals surface area (Å²) in [7, 11) is 0. The van der Waals surface area contributed by atoms with Crippen molar-refractivity contribution in [1.82, 2.24) is 10.2 Å². The van der Waals surface area contributed by atoms with Crippen LogP contribution in [0.15, 0.2) is 18.2 Å². The number of nitro groups is 1. The van der Waals surface area contributed by atoms with Crippen molar-refractivity contribution in [2.75, 3.05) is 10.7 Å². The van der Waals surface area contributed by atoms with Crippen LogP contribution in [0.1, 0.15) is 15.4 Å². The number of rotatable bonds is 4. The van der Waals surface area contributed by atoms with Crippen LogP contribution in [0.4, 0.5) is 16.5 Å². The van der Waals surface area contributed by atoms with Crippen molar-refractivity contribution in [3.8, 4) is 0 Å². The van der Waals surface area contributed by atoms with E-state index < -0.39 is 10.8 Å². The quantitative estimate of drug-likeness (QED) is 0.439. The third-order valence-electron chi connectivity index (χ3n) is 2.36. The molecule has 0 radical (unpaired) electrons. The molecule has 0 atom stereocenters. The number of aryl methyl sites for hydroxylation is 1. The number of nitrogen functional groups attached to an aromatic ring is 1. The van der Waals surface area contributed by atoms with Crippen molar-refractivity contribution in [2.45, 2.75) is 6.92 Å². The Bertz CT molecular complexity index is 671. The number of benzene rings is 1. The van der Waals surface area contributed by atoms with Gasteiger partial charge in [0.15, 0.2) is 0 Å². The number of carbonyl (C=O) groups excluding carboxylic acids is 1. The maximum atomic E-state index is 12.0. The Balaban J connectivity index is 2.26. The molecule has 1 aromatic heterocycles. The topological polar surface area (TPSA) is 136 Å². The minimum absolute atomic E-state index is 0.123. The Hall–Kier alpha value is -2.59. The zero-order valence-corrected chi connectivity index (χ0v) is 11.1. The Kier molecular flexibility index (Phi) is 3.86. The van der Waals surface area contributed by atoms with Crippen LogP contribution in [-0.2, 0) is 0 Å². The van der Waals surface area contributed by atoms with Crippen molar-refractivity contribution >= 4 is 33.8 Å². The van der Waals surface area contributed by atoms with E-state index in [1.165, 1.54) is 23.5 Å². The fraction of sp³-hybridized carbons (Fsp3) is 0.100. The molecule has 0 aliphatic rings. The van der Waals surface area contributed by atoms with Crippen molar-refractivity contribution in [2.24, 2.45) is 5.84 Å². The second kappa shape index (κ2) is 5.59. The van der Waals surface area contributed by atoms with Crippen LogP contribution < -0.4 is 16.6 Å². The zero-order valence-electron chi connectivity index (χ0n) is 10.3. The number of aromatic nitrogens is 2. The molecule has 20 heavy (non-hydrogen) atoms. The molecule has 1 aromatic carbocycles. The number of nitrogens with zero attached hydrogens (tertiary/aromatic N) is 3. The van der Waals surface area contributed by atoms with Crippen LogP contribution >= 0.6 is 11.3 Å². The van der Waals surface area contributed by atoms with Gasteiger partial charge in [-0.1, -0.05) is 11.3 Å². The number of hydrazine groups is 1. The summed E-state index contributed by atoms with van der Waals surface area (Å²) in [5.74, 6) is 4.66. The van der Waals surface area contributed by atoms with Gasteiger partial charge in [-0.2, -0.15) is 0 Å². The van der Waals surface area contributed by atoms with E-state index in [2.05, 4.69) is 20.9 Å². The number of nitrogens with two attached hydrogens (primary N) is 1. The summed E-state index contributed by atoms with van der Waals surface area (Å²) in [5.41, 5.74) is 2.17. The minimum atomic E-state index is -0.624. The average molecular weight is 294 g/mol. The van der Waals surface area contributed by atoms with E-state index in [0.29, 0.717) is 10.1 Å². The lowest BCUT2D eigenvalue weighted by Crippen LogP contribution is -2.14. The molecule has 0 bridgehead atoms. The Labute approximate surface area is 116 Å². The first-order chi connectivity index (χ1) is 9.51. The van der Waals surface area contributed by atoms with E-state index >= 15 is 0 Å². The van der Waals surface area contributed by atoms with Crippen LogP contribution in [0.2, 0.25) is 0 Å². The number of nitro benzene ring substituents is 1. The molecule has 0 saturated carbocycles. The van der Waals surface area contributed by atoms with Crippen LogP contribution in [-0.4, -0.2) is 21.0 Å². The van der Waals surface area contributed by atoms with Crippen LogP contribution in [0.25, 0.3) is 0 Å². The number of anilines is 2. The summed E-state index contributed by atoms with van der Waals surface area (Å²) in [6, 6.07) is 3.92. The molecule has 0 saturated heterocycles. The smallest absolute Gasteiger partial charge is 0.294 e. The summed E-state index contributed by atoms with van der Waals surface area (Å²) in [6.45, 7) is 1.75. The monoisotopic (exact) mass is 294 g/mol. The molecule has 0 aliphatic carbocycles. The van der Waals surface area contributed by atoms with Crippen LogP contribution in [0.5, 0.6) is 0 Å². The van der Waals surface area contributed by atoms with Gasteiger partial charge in [-0.25, -0.2) is 0 Å². The molecule has 2 aromatic rings. The predicted molar refractivity (Wildman–Crippen MR) is 73.5 cm³/mol. The Morgan fingerprint density at radius 2 is 2.20 bits per heavy atom. The van der Waals surface area contributed by atoms with Crippen molar-refractivity contribution < 1.29 is 9.72 Å². The number of hydrogen-bond acceptors (Lipinski definition) is 8. The molecular weight excluding hydrogens is 284 g/mol. The third kappa shape index (κ3) is 2.87. The Morgan fingerprint density at radius 3 is 2.75 bits per heavy atom. The first-order valence-corrected chi connectivity index (χ1v) is 6.19. The number of nitrogens with one attached hydrogen (secondary N) is 2. The molecule has 0 spiro atoms. The maximum Gasteiger partial charge on any atom is 0.294 e. The lowest BCUT2D eigenvalue weighted by Gasteiger charge is -2.04. The second-order valence-corrected chi connectivity index (χ2v) is 4.90. The van der Waals surface area contributed by atoms with E-state index in [1.54, 1.807) is 6.92 Å². The molecule has 10 heteroatoms. The highest BCUT2D eigenvalue weighted by molar-refractivity contribution is 7.15. The van der Waals surface area contributed by atoms with E-state index in [0.717, 1.165) is 6.07 Å². The van der Waals surface area contributed by atoms with Crippen LogP contribution in [0.3, 0.4) is 0 Å². The van der Waals surface area contributed by atoms with Crippen molar-refractivity contribution in [3.63, 3.8) is 0 Å². The number of carbonyl (C=O) groups is 1. The standard InChI is InChI=1S/C10H10N6O3S/c1-5-14-15-10(20-5)12-9(17)6-2-3-7(13-11)8(4-6)16(18)19/h2-4,13H,11H2,1H3,(H,12,15,17). The van der Waals surface area contributed by atoms with Gasteiger partial charge in [0.1, 0.15) is 10.7 Å². The highest BCUT2D eigenvalue weighted by Crippen LogP contribution is 2.25. The molecule has 0 unspecified atom stereocenters. The molecule has 4 N–H and O–H groups in total. The lowest BCUT2D eigenvalue weighted by atomic mass is 10.1. The van der Waals surface area contributed by atoms with Crippen LogP contribution in [0, 0.1) is 17.0 Å². The van der Waals surface area contributed by atoms with Gasteiger partial charge >= 0.3 is 0 Å². The summed E-state index contributed by atoms with van der Waals surface area (Å²) in [5, 5.41) is 21.9. The highest BCUT2D eigenvalue weighted by atomic mass is 32.1. The first kappa shape index (κ1) is 13.8. The number of hydrogen-bond donors (Lipinski definition) is 3. The van der Waals surface area contributed by atoms with Gasteiger partial charge in [-0.05, 0) is 19.1 Å². The molecule has 1 heterocycles. The van der Waals surface area contributed by atoms with E-state index in [-0.39, 0.29) is 16.9 Å². The summed E-state index contributed by atoms with van der Waals surface area (Å²) >= 11 is 1.21. The molecule has 1 amide bonds. The van der Waals surface area contributed by atoms with E-state index in [9.17, 15) is 14.9 Å². The minimum Gasteiger partial charge on any atom is -0.318 e. The Morgan fingerprint density at radius 1 is 1.45 bits per heavy atom. The molecule has 2 rings (SSSR count). The summed E-state index contributed by atoms with van der Waals surface area (Å²) in [6.07, 6.45) is 0. The largest absolute Gasteiger partial charge is 0.318 e. The highest BCUT2D eigenvalue weighted by Gasteiger charge is 2.17. The van der Waals surface area contributed by atoms with Crippen molar-refractivity contribution in [3.05, 3.63) is 38.9 Å². The molecule has 0 aliphatic heterocycles. The second-order valence-electron chi connectivity index (χ2n) is 3.71. The fourth-order valence-corrected chi connectivity index (χ4v) is 2.05. The predicted octanol–water partition coefficient (Wildman–Crippen LogP) is 1.29. The van der Waals surface area contributed by atoms with Gasteiger partial charge in [0.25, 0.3) is 11.6 Å². The SMILES string of the molecule is Cc1nnc(NC(=O)c2ccc(NN)c([N+](=O)[O-])c2)s1. The van der Waals surface area contributed by atoms with Gasteiger partial charge in [0.2, 0.25) is 5.13 Å². The molecule has 9 nitrogen and oxygen atoms in total. The lowest BCUT2D eigenvalue weighted by molar-refractivity contribution is -0.384. The van der Waals surface area contributed by atoms with Gasteiger partial charge in [-0.15, -0.1) is 10.2 Å². The average Bonchev–Trinajstić information content (AvgIpc) is 2.83. The van der Waals surface area contributed by atoms with Gasteiger partial charge in [-0.3, -0.25) is 26.1 Å². The maximum absolute atomic E-state index is 12.0. The van der Waals surface area contributed by atoms with Gasteiger partial charge < -0.3 is 5.43 Å². The number of amides is 1. The summed E-state index contributed by atoms with van der Waals surface area (Å²) < 4.78 is 0. The fourth-order valence-electron chi connectivity index (χ4n) is 1.46.